The molecule has 0 radical (unpaired) electrons. The minimum Gasteiger partial charge on any atom is -0.477 e. The zero-order valence-electron chi connectivity index (χ0n) is 15.5. The van der Waals surface area contributed by atoms with Crippen LogP contribution in [0.2, 0.25) is 0 Å². The number of carboxylic acids is 1. The molecule has 6 heteroatoms. The molecule has 3 aromatic rings. The molecule has 0 amide bonds. The average Bonchev–Trinajstić information content (AvgIpc) is 3.57. The van der Waals surface area contributed by atoms with Crippen LogP contribution in [0.1, 0.15) is 63.5 Å². The summed E-state index contributed by atoms with van der Waals surface area (Å²) in [6.07, 6.45) is 6.30. The molecule has 5 nitrogen and oxygen atoms in total. The van der Waals surface area contributed by atoms with Crippen molar-refractivity contribution in [3.8, 4) is 10.4 Å². The van der Waals surface area contributed by atoms with Gasteiger partial charge < -0.3 is 10.4 Å². The molecule has 2 saturated carbocycles. The van der Waals surface area contributed by atoms with Gasteiger partial charge in [-0.3, -0.25) is 9.20 Å². The summed E-state index contributed by atoms with van der Waals surface area (Å²) in [7, 11) is 0. The van der Waals surface area contributed by atoms with E-state index >= 15 is 0 Å². The van der Waals surface area contributed by atoms with Gasteiger partial charge in [0.25, 0.3) is 5.56 Å². The fraction of sp³-hybridized carbons (Fsp3) is 0.364. The Morgan fingerprint density at radius 3 is 2.79 bits per heavy atom. The second-order valence-corrected chi connectivity index (χ2v) is 9.42. The number of fused-ring (bicyclic) bond motifs is 3. The molecule has 3 aliphatic rings. The number of aromatic nitrogens is 1. The molecule has 4 heterocycles. The Hall–Kier alpha value is -2.44. The highest BCUT2D eigenvalue weighted by Crippen LogP contribution is 2.55. The number of thiophene rings is 1. The lowest BCUT2D eigenvalue weighted by Gasteiger charge is -2.15. The first kappa shape index (κ1) is 16.5. The molecule has 3 aromatic heterocycles. The quantitative estimate of drug-likeness (QED) is 0.707. The molecule has 2 aliphatic carbocycles. The normalized spacial score (nSPS) is 19.3. The van der Waals surface area contributed by atoms with Gasteiger partial charge in [0.15, 0.2) is 0 Å². The summed E-state index contributed by atoms with van der Waals surface area (Å²) in [5.41, 5.74) is 5.16. The number of hydrogen-bond donors (Lipinski definition) is 2. The third kappa shape index (κ3) is 2.16. The predicted octanol–water partition coefficient (Wildman–Crippen LogP) is 4.00. The van der Waals surface area contributed by atoms with Crippen LogP contribution in [0.15, 0.2) is 29.2 Å². The minimum atomic E-state index is -1.15. The second-order valence-electron chi connectivity index (χ2n) is 8.37. The lowest BCUT2D eigenvalue weighted by Crippen LogP contribution is -2.23. The van der Waals surface area contributed by atoms with Crippen LogP contribution in [0.25, 0.3) is 16.0 Å². The lowest BCUT2D eigenvalue weighted by atomic mass is 9.99. The van der Waals surface area contributed by atoms with Crippen LogP contribution in [-0.2, 0) is 12.1 Å². The Balaban J connectivity index is 1.59. The van der Waals surface area contributed by atoms with E-state index in [1.54, 1.807) is 16.7 Å². The van der Waals surface area contributed by atoms with Crippen LogP contribution in [0.3, 0.4) is 0 Å². The standard InChI is InChI=1S/C22H20N2O3S/c1-11-14(17-8-13-10-23-22(5-6-22)19(13)28-17)4-7-24-18(11)15(12-2-3-12)9-16(20(24)25)21(26)27/h4,7-9,12,23H,2-3,5-6,10H2,1H3,(H,26,27). The summed E-state index contributed by atoms with van der Waals surface area (Å²) in [5.74, 6) is -0.796. The van der Waals surface area contributed by atoms with E-state index in [4.69, 9.17) is 0 Å². The summed E-state index contributed by atoms with van der Waals surface area (Å²) in [6.45, 7) is 3.00. The molecule has 28 heavy (non-hydrogen) atoms. The van der Waals surface area contributed by atoms with Crippen LogP contribution < -0.4 is 10.9 Å². The number of rotatable bonds is 3. The van der Waals surface area contributed by atoms with Crippen molar-refractivity contribution >= 4 is 22.8 Å². The molecule has 0 unspecified atom stereocenters. The number of carbonyl (C=O) groups is 1. The first-order chi connectivity index (χ1) is 13.5. The van der Waals surface area contributed by atoms with Crippen molar-refractivity contribution in [1.29, 1.82) is 0 Å². The Morgan fingerprint density at radius 1 is 1.32 bits per heavy atom. The van der Waals surface area contributed by atoms with Crippen molar-refractivity contribution < 1.29 is 9.90 Å². The van der Waals surface area contributed by atoms with Crippen molar-refractivity contribution in [1.82, 2.24) is 9.72 Å². The van der Waals surface area contributed by atoms with Crippen LogP contribution in [-0.4, -0.2) is 15.5 Å². The van der Waals surface area contributed by atoms with E-state index in [1.165, 1.54) is 28.2 Å². The number of pyridine rings is 2. The summed E-state index contributed by atoms with van der Waals surface area (Å²) in [4.78, 5) is 27.0. The van der Waals surface area contributed by atoms with E-state index < -0.39 is 11.5 Å². The molecule has 0 saturated heterocycles. The summed E-state index contributed by atoms with van der Waals surface area (Å²) < 4.78 is 1.54. The van der Waals surface area contributed by atoms with Crippen LogP contribution >= 0.6 is 11.3 Å². The second kappa shape index (κ2) is 5.33. The third-order valence-corrected chi connectivity index (χ3v) is 7.95. The van der Waals surface area contributed by atoms with Gasteiger partial charge in [-0.15, -0.1) is 11.3 Å². The van der Waals surface area contributed by atoms with E-state index in [-0.39, 0.29) is 11.1 Å². The summed E-state index contributed by atoms with van der Waals surface area (Å²) >= 11 is 1.87. The number of nitrogens with zero attached hydrogens (tertiary/aromatic N) is 1. The van der Waals surface area contributed by atoms with Gasteiger partial charge in [-0.05, 0) is 79.0 Å². The van der Waals surface area contributed by atoms with Crippen LogP contribution in [0.4, 0.5) is 0 Å². The molecular weight excluding hydrogens is 372 g/mol. The average molecular weight is 392 g/mol. The van der Waals surface area contributed by atoms with Gasteiger partial charge in [-0.25, -0.2) is 4.79 Å². The first-order valence-electron chi connectivity index (χ1n) is 9.79. The molecule has 0 aromatic carbocycles. The molecule has 6 rings (SSSR count). The highest BCUT2D eigenvalue weighted by molar-refractivity contribution is 7.16. The van der Waals surface area contributed by atoms with Crippen molar-refractivity contribution in [2.75, 3.05) is 0 Å². The minimum absolute atomic E-state index is 0.136. The van der Waals surface area contributed by atoms with E-state index in [0.717, 1.165) is 41.6 Å². The number of aryl methyl sites for hydroxylation is 1. The SMILES string of the molecule is Cc1c(-c2cc3c(s2)C2(CC2)NC3)ccn2c(=O)c(C(=O)O)cc(C3CC3)c12. The van der Waals surface area contributed by atoms with Crippen molar-refractivity contribution in [2.24, 2.45) is 0 Å². The molecule has 1 spiro atoms. The molecule has 142 valence electrons. The number of hydrogen-bond acceptors (Lipinski definition) is 4. The van der Waals surface area contributed by atoms with Gasteiger partial charge in [0.05, 0.1) is 11.1 Å². The summed E-state index contributed by atoms with van der Waals surface area (Å²) in [6, 6.07) is 5.88. The lowest BCUT2D eigenvalue weighted by molar-refractivity contribution is 0.0694. The highest BCUT2D eigenvalue weighted by atomic mass is 32.1. The molecular formula is C22H20N2O3S. The van der Waals surface area contributed by atoms with Gasteiger partial charge >= 0.3 is 5.97 Å². The maximum Gasteiger partial charge on any atom is 0.341 e. The number of carboxylic acid groups (broad SMARTS) is 1. The Bertz CT molecular complexity index is 1240. The smallest absolute Gasteiger partial charge is 0.341 e. The number of aromatic carboxylic acids is 1. The molecule has 2 N–H and O–H groups in total. The van der Waals surface area contributed by atoms with Crippen LogP contribution in [0.5, 0.6) is 0 Å². The van der Waals surface area contributed by atoms with Crippen molar-refractivity contribution in [3.05, 3.63) is 61.9 Å². The molecule has 0 bridgehead atoms. The first-order valence-corrected chi connectivity index (χ1v) is 10.6. The van der Waals surface area contributed by atoms with Gasteiger partial charge in [0, 0.05) is 22.5 Å². The van der Waals surface area contributed by atoms with E-state index in [0.29, 0.717) is 5.92 Å². The zero-order valence-corrected chi connectivity index (χ0v) is 16.4. The zero-order chi connectivity index (χ0) is 19.2. The highest BCUT2D eigenvalue weighted by Gasteiger charge is 2.50. The van der Waals surface area contributed by atoms with Gasteiger partial charge in [0.2, 0.25) is 0 Å². The maximum atomic E-state index is 12.7. The molecule has 0 atom stereocenters. The monoisotopic (exact) mass is 392 g/mol. The molecule has 2 fully saturated rings. The Labute approximate surface area is 165 Å². The van der Waals surface area contributed by atoms with Crippen molar-refractivity contribution in [3.63, 3.8) is 0 Å². The topological polar surface area (TPSA) is 70.8 Å². The Kier molecular flexibility index (Phi) is 3.14. The fourth-order valence-corrected chi connectivity index (χ4v) is 6.18. The van der Waals surface area contributed by atoms with Gasteiger partial charge in [0.1, 0.15) is 5.56 Å². The van der Waals surface area contributed by atoms with Gasteiger partial charge in [-0.1, -0.05) is 0 Å². The fourth-order valence-electron chi connectivity index (χ4n) is 4.69. The maximum absolute atomic E-state index is 12.7. The molecule has 1 aliphatic heterocycles. The van der Waals surface area contributed by atoms with E-state index in [9.17, 15) is 14.7 Å². The Morgan fingerprint density at radius 2 is 2.11 bits per heavy atom. The third-order valence-electron chi connectivity index (χ3n) is 6.54. The van der Waals surface area contributed by atoms with Gasteiger partial charge in [-0.2, -0.15) is 0 Å². The number of nitrogens with one attached hydrogen (secondary N) is 1. The van der Waals surface area contributed by atoms with Crippen molar-refractivity contribution in [2.45, 2.75) is 50.6 Å². The largest absolute Gasteiger partial charge is 0.477 e. The van der Waals surface area contributed by atoms with E-state index in [1.807, 2.05) is 17.4 Å². The van der Waals surface area contributed by atoms with Crippen LogP contribution in [0, 0.1) is 6.92 Å². The van der Waals surface area contributed by atoms with E-state index in [2.05, 4.69) is 18.3 Å². The predicted molar refractivity (Wildman–Crippen MR) is 108 cm³/mol. The summed E-state index contributed by atoms with van der Waals surface area (Å²) in [5, 5.41) is 13.1.